The molecule has 2 atom stereocenters. The van der Waals surface area contributed by atoms with Gasteiger partial charge in [-0.2, -0.15) is 0 Å². The average molecular weight is 363 g/mol. The van der Waals surface area contributed by atoms with Gasteiger partial charge in [0.25, 0.3) is 0 Å². The summed E-state index contributed by atoms with van der Waals surface area (Å²) in [4.78, 5) is 28.9. The molecule has 2 rings (SSSR count). The highest BCUT2D eigenvalue weighted by atomic mass is 32.2. The average Bonchev–Trinajstić information content (AvgIpc) is 2.82. The molecular weight excluding hydrogens is 332 g/mol. The van der Waals surface area contributed by atoms with Crippen LogP contribution in [0.4, 0.5) is 0 Å². The molecule has 0 spiro atoms. The van der Waals surface area contributed by atoms with Gasteiger partial charge < -0.3 is 9.80 Å². The molecule has 0 N–H and O–H groups in total. The Hall–Kier alpha value is -1.49. The quantitative estimate of drug-likeness (QED) is 0.772. The molecule has 1 fully saturated rings. The maximum atomic E-state index is 12.7. The van der Waals surface area contributed by atoms with Gasteiger partial charge in [0.2, 0.25) is 11.8 Å². The molecule has 1 saturated heterocycles. The molecule has 25 heavy (non-hydrogen) atoms. The van der Waals surface area contributed by atoms with Crippen LogP contribution in [0.25, 0.3) is 0 Å². The molecule has 5 heteroatoms. The van der Waals surface area contributed by atoms with Crippen LogP contribution in [0.5, 0.6) is 0 Å². The molecule has 0 radical (unpaired) electrons. The fourth-order valence-corrected chi connectivity index (χ4v) is 4.45. The Labute approximate surface area is 156 Å². The van der Waals surface area contributed by atoms with Gasteiger partial charge in [-0.3, -0.25) is 9.59 Å². The van der Waals surface area contributed by atoms with E-state index in [2.05, 4.69) is 25.1 Å². The number of hydrogen-bond donors (Lipinski definition) is 0. The van der Waals surface area contributed by atoms with Crippen LogP contribution in [-0.4, -0.2) is 46.0 Å². The van der Waals surface area contributed by atoms with Gasteiger partial charge in [-0.05, 0) is 33.3 Å². The normalized spacial score (nSPS) is 20.6. The van der Waals surface area contributed by atoms with E-state index in [9.17, 15) is 9.59 Å². The Morgan fingerprint density at radius 2 is 1.96 bits per heavy atom. The van der Waals surface area contributed by atoms with Crippen molar-refractivity contribution in [2.75, 3.05) is 13.1 Å². The highest BCUT2D eigenvalue weighted by Crippen LogP contribution is 2.42. The summed E-state index contributed by atoms with van der Waals surface area (Å²) in [6.45, 7) is 13.1. The molecule has 138 valence electrons. The number of carbonyl (C=O) groups excluding carboxylic acids is 2. The van der Waals surface area contributed by atoms with Gasteiger partial charge >= 0.3 is 0 Å². The van der Waals surface area contributed by atoms with Crippen LogP contribution in [0.3, 0.4) is 0 Å². The van der Waals surface area contributed by atoms with Crippen LogP contribution < -0.4 is 0 Å². The summed E-state index contributed by atoms with van der Waals surface area (Å²) in [5, 5.41) is -0.00984. The summed E-state index contributed by atoms with van der Waals surface area (Å²) in [6, 6.07) is 8.48. The highest BCUT2D eigenvalue weighted by Gasteiger charge is 2.38. The lowest BCUT2D eigenvalue weighted by Crippen LogP contribution is -2.45. The molecule has 4 nitrogen and oxygen atoms in total. The first kappa shape index (κ1) is 19.8. The third-order valence-electron chi connectivity index (χ3n) is 4.56. The van der Waals surface area contributed by atoms with Gasteiger partial charge in [-0.25, -0.2) is 0 Å². The first-order valence-corrected chi connectivity index (χ1v) is 9.99. The minimum Gasteiger partial charge on any atom is -0.338 e. The molecule has 2 unspecified atom stereocenters. The third kappa shape index (κ3) is 4.57. The van der Waals surface area contributed by atoms with Gasteiger partial charge in [-0.15, -0.1) is 11.8 Å². The molecule has 1 heterocycles. The van der Waals surface area contributed by atoms with Crippen molar-refractivity contribution in [3.63, 3.8) is 0 Å². The first-order chi connectivity index (χ1) is 11.7. The molecule has 1 aromatic rings. The smallest absolute Gasteiger partial charge is 0.236 e. The summed E-state index contributed by atoms with van der Waals surface area (Å²) in [7, 11) is 0. The Morgan fingerprint density at radius 1 is 1.28 bits per heavy atom. The van der Waals surface area contributed by atoms with Crippen molar-refractivity contribution >= 4 is 23.6 Å². The van der Waals surface area contributed by atoms with E-state index in [1.807, 2.05) is 50.5 Å². The molecule has 2 amide bonds. The zero-order valence-electron chi connectivity index (χ0n) is 16.2. The van der Waals surface area contributed by atoms with Crippen molar-refractivity contribution in [2.24, 2.45) is 5.92 Å². The predicted octanol–water partition coefficient (Wildman–Crippen LogP) is 3.85. The first-order valence-electron chi connectivity index (χ1n) is 9.05. The van der Waals surface area contributed by atoms with E-state index < -0.39 is 0 Å². The van der Waals surface area contributed by atoms with Crippen molar-refractivity contribution in [3.05, 3.63) is 35.4 Å². The van der Waals surface area contributed by atoms with Crippen molar-refractivity contribution < 1.29 is 9.59 Å². The maximum absolute atomic E-state index is 12.7. The fraction of sp³-hybridized carbons (Fsp3) is 0.600. The van der Waals surface area contributed by atoms with Crippen LogP contribution in [0, 0.1) is 12.8 Å². The summed E-state index contributed by atoms with van der Waals surface area (Å²) in [5.74, 6) is 0.282. The lowest BCUT2D eigenvalue weighted by Gasteiger charge is -2.32. The van der Waals surface area contributed by atoms with E-state index in [1.165, 1.54) is 5.56 Å². The standard InChI is InChI=1S/C20H30N2O2S/c1-13(2)18(23)21(14(3)4)10-11-22-19(24)16(6)25-20(22)17-9-7-8-15(5)12-17/h7-9,12-14,16,20H,10-11H2,1-6H3. The topological polar surface area (TPSA) is 40.6 Å². The van der Waals surface area contributed by atoms with E-state index in [4.69, 9.17) is 0 Å². The number of amides is 2. The lowest BCUT2D eigenvalue weighted by atomic mass is 10.1. The molecule has 1 aliphatic heterocycles. The summed E-state index contributed by atoms with van der Waals surface area (Å²) in [6.07, 6.45) is 0. The van der Waals surface area contributed by atoms with Crippen LogP contribution >= 0.6 is 11.8 Å². The Morgan fingerprint density at radius 3 is 2.52 bits per heavy atom. The maximum Gasteiger partial charge on any atom is 0.236 e. The highest BCUT2D eigenvalue weighted by molar-refractivity contribution is 8.01. The Kier molecular flexibility index (Phi) is 6.55. The Bertz CT molecular complexity index is 630. The van der Waals surface area contributed by atoms with Gasteiger partial charge in [0, 0.05) is 25.0 Å². The van der Waals surface area contributed by atoms with Gasteiger partial charge in [0.05, 0.1) is 5.25 Å². The SMILES string of the molecule is Cc1cccc(C2SC(C)C(=O)N2CCN(C(=O)C(C)C)C(C)C)c1. The number of carbonyl (C=O) groups is 2. The number of thioether (sulfide) groups is 1. The molecule has 0 aromatic heterocycles. The zero-order chi connectivity index (χ0) is 18.7. The van der Waals surface area contributed by atoms with Crippen molar-refractivity contribution in [1.82, 2.24) is 9.80 Å². The monoisotopic (exact) mass is 362 g/mol. The zero-order valence-corrected chi connectivity index (χ0v) is 17.0. The lowest BCUT2D eigenvalue weighted by molar-refractivity contribution is -0.138. The molecular formula is C20H30N2O2S. The third-order valence-corrected chi connectivity index (χ3v) is 5.95. The number of rotatable bonds is 6. The van der Waals surface area contributed by atoms with Gasteiger partial charge in [0.15, 0.2) is 0 Å². The predicted molar refractivity (Wildman–Crippen MR) is 104 cm³/mol. The van der Waals surface area contributed by atoms with Crippen LogP contribution in [-0.2, 0) is 9.59 Å². The number of hydrogen-bond acceptors (Lipinski definition) is 3. The molecule has 1 aliphatic rings. The van der Waals surface area contributed by atoms with Crippen LogP contribution in [0.1, 0.15) is 51.1 Å². The van der Waals surface area contributed by atoms with E-state index in [0.717, 1.165) is 5.56 Å². The summed E-state index contributed by atoms with van der Waals surface area (Å²) in [5.41, 5.74) is 2.36. The van der Waals surface area contributed by atoms with Crippen molar-refractivity contribution in [2.45, 2.75) is 58.2 Å². The minimum atomic E-state index is -0.0428. The van der Waals surface area contributed by atoms with Gasteiger partial charge in [0.1, 0.15) is 5.37 Å². The molecule has 0 bridgehead atoms. The van der Waals surface area contributed by atoms with E-state index >= 15 is 0 Å². The fourth-order valence-electron chi connectivity index (χ4n) is 3.15. The molecule has 0 aliphatic carbocycles. The van der Waals surface area contributed by atoms with Crippen molar-refractivity contribution in [1.29, 1.82) is 0 Å². The number of benzene rings is 1. The van der Waals surface area contributed by atoms with E-state index in [-0.39, 0.29) is 34.4 Å². The van der Waals surface area contributed by atoms with Crippen molar-refractivity contribution in [3.8, 4) is 0 Å². The van der Waals surface area contributed by atoms with E-state index in [0.29, 0.717) is 13.1 Å². The Balaban J connectivity index is 2.16. The summed E-state index contributed by atoms with van der Waals surface area (Å²) >= 11 is 1.69. The second-order valence-electron chi connectivity index (χ2n) is 7.36. The number of aryl methyl sites for hydroxylation is 1. The van der Waals surface area contributed by atoms with E-state index in [1.54, 1.807) is 11.8 Å². The molecule has 1 aromatic carbocycles. The van der Waals surface area contributed by atoms with Crippen LogP contribution in [0.15, 0.2) is 24.3 Å². The number of nitrogens with zero attached hydrogens (tertiary/aromatic N) is 2. The second-order valence-corrected chi connectivity index (χ2v) is 8.78. The minimum absolute atomic E-state index is 0.0300. The second kappa shape index (κ2) is 8.26. The molecule has 0 saturated carbocycles. The van der Waals surface area contributed by atoms with Gasteiger partial charge in [-0.1, -0.05) is 43.7 Å². The van der Waals surface area contributed by atoms with Crippen LogP contribution in [0.2, 0.25) is 0 Å². The summed E-state index contributed by atoms with van der Waals surface area (Å²) < 4.78 is 0. The largest absolute Gasteiger partial charge is 0.338 e.